The van der Waals surface area contributed by atoms with Gasteiger partial charge in [-0.1, -0.05) is 13.3 Å². The van der Waals surface area contributed by atoms with Gasteiger partial charge in [-0.05, 0) is 13.3 Å². The lowest BCUT2D eigenvalue weighted by Gasteiger charge is -2.23. The van der Waals surface area contributed by atoms with E-state index in [0.29, 0.717) is 13.1 Å². The highest BCUT2D eigenvalue weighted by atomic mass is 16.3. The first kappa shape index (κ1) is 13.4. The molecule has 0 fully saturated rings. The number of hydrogen-bond acceptors (Lipinski definition) is 3. The molecule has 3 N–H and O–H groups in total. The Kier molecular flexibility index (Phi) is 6.49. The van der Waals surface area contributed by atoms with E-state index in [4.69, 9.17) is 10.8 Å². The summed E-state index contributed by atoms with van der Waals surface area (Å²) < 4.78 is 0. The maximum absolute atomic E-state index is 11.7. The summed E-state index contributed by atoms with van der Waals surface area (Å²) in [6, 6.07) is 0. The highest BCUT2D eigenvalue weighted by Gasteiger charge is 2.20. The smallest absolute Gasteiger partial charge is 0.226 e. The van der Waals surface area contributed by atoms with E-state index in [0.717, 1.165) is 12.8 Å². The van der Waals surface area contributed by atoms with Crippen molar-refractivity contribution in [3.05, 3.63) is 0 Å². The van der Waals surface area contributed by atoms with Crippen LogP contribution >= 0.6 is 0 Å². The summed E-state index contributed by atoms with van der Waals surface area (Å²) in [6.07, 6.45) is 1.29. The van der Waals surface area contributed by atoms with E-state index < -0.39 is 6.10 Å². The van der Waals surface area contributed by atoms with Gasteiger partial charge in [0.1, 0.15) is 0 Å². The van der Waals surface area contributed by atoms with Crippen LogP contribution < -0.4 is 5.73 Å². The van der Waals surface area contributed by atoms with Crippen molar-refractivity contribution < 1.29 is 9.90 Å². The molecule has 2 atom stereocenters. The lowest BCUT2D eigenvalue weighted by atomic mass is 10.0. The quantitative estimate of drug-likeness (QED) is 0.646. The zero-order valence-corrected chi connectivity index (χ0v) is 9.36. The molecule has 0 heterocycles. The van der Waals surface area contributed by atoms with Gasteiger partial charge in [-0.3, -0.25) is 4.79 Å². The molecule has 0 radical (unpaired) electrons. The number of aliphatic hydroxyl groups is 1. The van der Waals surface area contributed by atoms with Crippen LogP contribution in [-0.2, 0) is 4.79 Å². The molecule has 0 aliphatic carbocycles. The monoisotopic (exact) mass is 202 g/mol. The molecule has 0 saturated heterocycles. The molecule has 0 aliphatic rings. The van der Waals surface area contributed by atoms with Gasteiger partial charge in [-0.15, -0.1) is 0 Å². The Morgan fingerprint density at radius 1 is 1.57 bits per heavy atom. The summed E-state index contributed by atoms with van der Waals surface area (Å²) in [4.78, 5) is 13.3. The molecule has 0 aromatic rings. The number of carbonyl (C=O) groups is 1. The molecular weight excluding hydrogens is 180 g/mol. The van der Waals surface area contributed by atoms with Crippen LogP contribution in [0.5, 0.6) is 0 Å². The summed E-state index contributed by atoms with van der Waals surface area (Å²) >= 11 is 0. The fourth-order valence-corrected chi connectivity index (χ4v) is 1.49. The van der Waals surface area contributed by atoms with Gasteiger partial charge < -0.3 is 15.7 Å². The Bertz CT molecular complexity index is 172. The number of likely N-dealkylation sites (N-methyl/N-ethyl adjacent to an activating group) is 1. The lowest BCUT2D eigenvalue weighted by molar-refractivity contribution is -0.135. The van der Waals surface area contributed by atoms with Crippen molar-refractivity contribution in [1.29, 1.82) is 0 Å². The largest absolute Gasteiger partial charge is 0.392 e. The molecular formula is C10H22N2O2. The van der Waals surface area contributed by atoms with Crippen LogP contribution in [0.25, 0.3) is 0 Å². The van der Waals surface area contributed by atoms with Crippen molar-refractivity contribution in [2.24, 2.45) is 11.7 Å². The Morgan fingerprint density at radius 2 is 2.14 bits per heavy atom. The molecule has 84 valence electrons. The maximum Gasteiger partial charge on any atom is 0.226 e. The van der Waals surface area contributed by atoms with Crippen molar-refractivity contribution in [2.45, 2.75) is 32.8 Å². The summed E-state index contributed by atoms with van der Waals surface area (Å²) in [5, 5.41) is 9.13. The van der Waals surface area contributed by atoms with Crippen LogP contribution in [0.2, 0.25) is 0 Å². The summed E-state index contributed by atoms with van der Waals surface area (Å²) in [6.45, 7) is 4.46. The molecule has 1 amide bonds. The Labute approximate surface area is 86.1 Å². The Balaban J connectivity index is 4.12. The van der Waals surface area contributed by atoms with Crippen molar-refractivity contribution in [1.82, 2.24) is 4.90 Å². The molecule has 0 aromatic heterocycles. The van der Waals surface area contributed by atoms with Crippen molar-refractivity contribution in [3.63, 3.8) is 0 Å². The lowest BCUT2D eigenvalue weighted by Crippen LogP contribution is -2.39. The summed E-state index contributed by atoms with van der Waals surface area (Å²) in [7, 11) is 1.70. The van der Waals surface area contributed by atoms with Gasteiger partial charge in [-0.25, -0.2) is 0 Å². The molecule has 4 heteroatoms. The molecule has 0 rings (SSSR count). The summed E-state index contributed by atoms with van der Waals surface area (Å²) in [5.41, 5.74) is 5.52. The minimum Gasteiger partial charge on any atom is -0.392 e. The highest BCUT2D eigenvalue weighted by molar-refractivity contribution is 5.78. The maximum atomic E-state index is 11.7. The third-order valence-corrected chi connectivity index (χ3v) is 2.19. The Hall–Kier alpha value is -0.610. The number of hydrogen-bond donors (Lipinski definition) is 2. The first-order chi connectivity index (χ1) is 6.52. The fourth-order valence-electron chi connectivity index (χ4n) is 1.49. The van der Waals surface area contributed by atoms with E-state index in [1.165, 1.54) is 0 Å². The van der Waals surface area contributed by atoms with Gasteiger partial charge in [0.05, 0.1) is 12.0 Å². The van der Waals surface area contributed by atoms with E-state index in [2.05, 4.69) is 0 Å². The summed E-state index contributed by atoms with van der Waals surface area (Å²) in [5.74, 6) is -0.0565. The van der Waals surface area contributed by atoms with Gasteiger partial charge in [0.2, 0.25) is 5.91 Å². The van der Waals surface area contributed by atoms with Crippen LogP contribution in [-0.4, -0.2) is 42.2 Å². The second-order valence-electron chi connectivity index (χ2n) is 3.79. The zero-order chi connectivity index (χ0) is 11.1. The van der Waals surface area contributed by atoms with E-state index in [-0.39, 0.29) is 11.8 Å². The molecule has 14 heavy (non-hydrogen) atoms. The number of nitrogens with zero attached hydrogens (tertiary/aromatic N) is 1. The van der Waals surface area contributed by atoms with E-state index in [1.54, 1.807) is 18.9 Å². The minimum absolute atomic E-state index is 0.0373. The van der Waals surface area contributed by atoms with Gasteiger partial charge in [0.15, 0.2) is 0 Å². The predicted octanol–water partition coefficient (Wildman–Crippen LogP) is 0.201. The van der Waals surface area contributed by atoms with Gasteiger partial charge in [-0.2, -0.15) is 0 Å². The second-order valence-corrected chi connectivity index (χ2v) is 3.79. The first-order valence-corrected chi connectivity index (χ1v) is 5.16. The number of carbonyl (C=O) groups excluding carboxylic acids is 1. The minimum atomic E-state index is -0.482. The topological polar surface area (TPSA) is 66.6 Å². The average molecular weight is 202 g/mol. The molecule has 2 unspecified atom stereocenters. The first-order valence-electron chi connectivity index (χ1n) is 5.16. The fraction of sp³-hybridized carbons (Fsp3) is 0.900. The van der Waals surface area contributed by atoms with E-state index in [9.17, 15) is 4.79 Å². The van der Waals surface area contributed by atoms with Gasteiger partial charge in [0, 0.05) is 20.1 Å². The van der Waals surface area contributed by atoms with Crippen LogP contribution in [0.15, 0.2) is 0 Å². The van der Waals surface area contributed by atoms with Crippen LogP contribution in [0.4, 0.5) is 0 Å². The highest BCUT2D eigenvalue weighted by Crippen LogP contribution is 2.08. The number of rotatable bonds is 6. The second kappa shape index (κ2) is 6.79. The molecule has 0 spiro atoms. The zero-order valence-electron chi connectivity index (χ0n) is 9.36. The standard InChI is InChI=1S/C10H22N2O2/c1-4-5-9(6-11)10(14)12(3)7-8(2)13/h8-9,13H,4-7,11H2,1-3H3. The van der Waals surface area contributed by atoms with Crippen LogP contribution in [0, 0.1) is 5.92 Å². The number of aliphatic hydroxyl groups excluding tert-OH is 1. The van der Waals surface area contributed by atoms with Crippen molar-refractivity contribution in [3.8, 4) is 0 Å². The van der Waals surface area contributed by atoms with Crippen LogP contribution in [0.1, 0.15) is 26.7 Å². The van der Waals surface area contributed by atoms with Crippen molar-refractivity contribution in [2.75, 3.05) is 20.1 Å². The molecule has 4 nitrogen and oxygen atoms in total. The van der Waals surface area contributed by atoms with Gasteiger partial charge in [0.25, 0.3) is 0 Å². The molecule has 0 saturated carbocycles. The van der Waals surface area contributed by atoms with E-state index in [1.807, 2.05) is 6.92 Å². The molecule has 0 aliphatic heterocycles. The Morgan fingerprint density at radius 3 is 2.50 bits per heavy atom. The van der Waals surface area contributed by atoms with E-state index >= 15 is 0 Å². The molecule has 0 bridgehead atoms. The third-order valence-electron chi connectivity index (χ3n) is 2.19. The van der Waals surface area contributed by atoms with Gasteiger partial charge >= 0.3 is 0 Å². The third kappa shape index (κ3) is 4.58. The molecule has 0 aromatic carbocycles. The van der Waals surface area contributed by atoms with Crippen molar-refractivity contribution >= 4 is 5.91 Å². The predicted molar refractivity (Wildman–Crippen MR) is 56.8 cm³/mol. The average Bonchev–Trinajstić information content (AvgIpc) is 2.12. The number of amides is 1. The number of nitrogens with two attached hydrogens (primary N) is 1. The normalized spacial score (nSPS) is 14.9. The SMILES string of the molecule is CCCC(CN)C(=O)N(C)CC(C)O. The van der Waals surface area contributed by atoms with Crippen LogP contribution in [0.3, 0.4) is 0 Å².